The molecule has 3 rings (SSSR count). The van der Waals surface area contributed by atoms with Gasteiger partial charge in [-0.25, -0.2) is 13.4 Å². The Bertz CT molecular complexity index is 1070. The fraction of sp³-hybridized carbons (Fsp3) is 0.158. The van der Waals surface area contributed by atoms with Gasteiger partial charge in [0.2, 0.25) is 10.0 Å². The molecule has 2 aromatic heterocycles. The smallest absolute Gasteiger partial charge is 0.229 e. The molecule has 8 heteroatoms. The molecule has 27 heavy (non-hydrogen) atoms. The van der Waals surface area contributed by atoms with Crippen molar-refractivity contribution in [3.8, 4) is 11.5 Å². The van der Waals surface area contributed by atoms with E-state index in [9.17, 15) is 8.42 Å². The molecule has 1 aromatic carbocycles. The van der Waals surface area contributed by atoms with Crippen molar-refractivity contribution >= 4 is 27.2 Å². The van der Waals surface area contributed by atoms with E-state index in [0.29, 0.717) is 28.7 Å². The Balaban J connectivity index is 1.77. The first kappa shape index (κ1) is 18.7. The monoisotopic (exact) mass is 384 g/mol. The molecule has 0 radical (unpaired) electrons. The predicted octanol–water partition coefficient (Wildman–Crippen LogP) is 4.00. The number of hydrogen-bond donors (Lipinski definition) is 2. The van der Waals surface area contributed by atoms with Gasteiger partial charge >= 0.3 is 0 Å². The second kappa shape index (κ2) is 7.63. The van der Waals surface area contributed by atoms with Crippen LogP contribution in [0, 0.1) is 13.8 Å². The van der Waals surface area contributed by atoms with Gasteiger partial charge in [0.1, 0.15) is 17.3 Å². The van der Waals surface area contributed by atoms with Crippen LogP contribution in [0.5, 0.6) is 11.5 Å². The number of nitrogens with one attached hydrogen (secondary N) is 2. The minimum absolute atomic E-state index is 0.469. The third kappa shape index (κ3) is 5.42. The first-order valence-corrected chi connectivity index (χ1v) is 10.1. The van der Waals surface area contributed by atoms with Crippen LogP contribution in [0.3, 0.4) is 0 Å². The van der Waals surface area contributed by atoms with Crippen LogP contribution in [0.4, 0.5) is 17.2 Å². The van der Waals surface area contributed by atoms with Gasteiger partial charge in [0.25, 0.3) is 0 Å². The lowest BCUT2D eigenvalue weighted by molar-refractivity contribution is 0.475. The highest BCUT2D eigenvalue weighted by Gasteiger charge is 2.06. The number of pyridine rings is 2. The Morgan fingerprint density at radius 2 is 1.78 bits per heavy atom. The summed E-state index contributed by atoms with van der Waals surface area (Å²) >= 11 is 0. The van der Waals surface area contributed by atoms with E-state index in [4.69, 9.17) is 4.74 Å². The molecule has 0 unspecified atom stereocenters. The van der Waals surface area contributed by atoms with E-state index in [0.717, 1.165) is 17.6 Å². The average molecular weight is 384 g/mol. The van der Waals surface area contributed by atoms with Gasteiger partial charge < -0.3 is 10.1 Å². The largest absolute Gasteiger partial charge is 0.455 e. The minimum Gasteiger partial charge on any atom is -0.455 e. The van der Waals surface area contributed by atoms with Crippen LogP contribution in [-0.4, -0.2) is 24.6 Å². The Kier molecular flexibility index (Phi) is 5.27. The molecule has 0 saturated heterocycles. The third-order valence-corrected chi connectivity index (χ3v) is 4.18. The Morgan fingerprint density at radius 1 is 1.00 bits per heavy atom. The predicted molar refractivity (Wildman–Crippen MR) is 106 cm³/mol. The zero-order valence-electron chi connectivity index (χ0n) is 15.2. The zero-order chi connectivity index (χ0) is 19.4. The fourth-order valence-electron chi connectivity index (χ4n) is 2.47. The Morgan fingerprint density at radius 3 is 2.52 bits per heavy atom. The highest BCUT2D eigenvalue weighted by atomic mass is 32.2. The summed E-state index contributed by atoms with van der Waals surface area (Å²) in [6, 6.07) is 14.2. The molecule has 2 heterocycles. The topological polar surface area (TPSA) is 93.2 Å². The van der Waals surface area contributed by atoms with Crippen molar-refractivity contribution < 1.29 is 13.2 Å². The number of hydrogen-bond acceptors (Lipinski definition) is 6. The number of rotatable bonds is 6. The van der Waals surface area contributed by atoms with Crippen molar-refractivity contribution in [2.75, 3.05) is 16.3 Å². The summed E-state index contributed by atoms with van der Waals surface area (Å²) in [5.74, 6) is 1.87. The molecule has 0 aliphatic carbocycles. The summed E-state index contributed by atoms with van der Waals surface area (Å²) in [7, 11) is -3.33. The van der Waals surface area contributed by atoms with Crippen LogP contribution < -0.4 is 14.8 Å². The quantitative estimate of drug-likeness (QED) is 0.667. The molecule has 7 nitrogen and oxygen atoms in total. The first-order chi connectivity index (χ1) is 12.8. The molecule has 0 aliphatic heterocycles. The summed E-state index contributed by atoms with van der Waals surface area (Å²) < 4.78 is 31.1. The zero-order valence-corrected chi connectivity index (χ0v) is 16.0. The van der Waals surface area contributed by atoms with Crippen molar-refractivity contribution in [1.29, 1.82) is 0 Å². The molecule has 0 fully saturated rings. The minimum atomic E-state index is -3.33. The second-order valence-electron chi connectivity index (χ2n) is 6.10. The van der Waals surface area contributed by atoms with E-state index in [1.54, 1.807) is 36.5 Å². The summed E-state index contributed by atoms with van der Waals surface area (Å²) in [4.78, 5) is 8.66. The van der Waals surface area contributed by atoms with Gasteiger partial charge in [-0.1, -0.05) is 6.07 Å². The molecule has 0 spiro atoms. The molecule has 0 amide bonds. The van der Waals surface area contributed by atoms with E-state index in [-0.39, 0.29) is 0 Å². The van der Waals surface area contributed by atoms with Crippen molar-refractivity contribution in [2.45, 2.75) is 13.8 Å². The molecule has 3 aromatic rings. The summed E-state index contributed by atoms with van der Waals surface area (Å²) in [6.07, 6.45) is 2.74. The molecule has 0 saturated carbocycles. The lowest BCUT2D eigenvalue weighted by Crippen LogP contribution is -2.09. The van der Waals surface area contributed by atoms with E-state index < -0.39 is 10.0 Å². The molecular weight excluding hydrogens is 364 g/mol. The average Bonchev–Trinajstić information content (AvgIpc) is 2.57. The highest BCUT2D eigenvalue weighted by molar-refractivity contribution is 7.92. The van der Waals surface area contributed by atoms with Gasteiger partial charge in [-0.05, 0) is 50.2 Å². The van der Waals surface area contributed by atoms with Gasteiger partial charge in [0, 0.05) is 23.6 Å². The molecule has 0 atom stereocenters. The van der Waals surface area contributed by atoms with Crippen LogP contribution >= 0.6 is 0 Å². The molecule has 0 aliphatic rings. The maximum atomic E-state index is 11.4. The fourth-order valence-corrected chi connectivity index (χ4v) is 3.03. The van der Waals surface area contributed by atoms with Crippen LogP contribution in [0.2, 0.25) is 0 Å². The summed E-state index contributed by atoms with van der Waals surface area (Å²) in [5, 5.41) is 3.14. The number of ether oxygens (including phenoxy) is 1. The van der Waals surface area contributed by atoms with Crippen molar-refractivity contribution in [3.63, 3.8) is 0 Å². The van der Waals surface area contributed by atoms with E-state index in [1.807, 2.05) is 32.0 Å². The van der Waals surface area contributed by atoms with E-state index in [1.165, 1.54) is 0 Å². The molecule has 0 bridgehead atoms. The van der Waals surface area contributed by atoms with E-state index in [2.05, 4.69) is 20.0 Å². The van der Waals surface area contributed by atoms with Gasteiger partial charge in [0.05, 0.1) is 17.6 Å². The normalized spacial score (nSPS) is 11.1. The SMILES string of the molecule is Cc1ccc(Oc2ccnc(Nc3cccc(NS(C)(=O)=O)c3)c2)c(C)n1. The van der Waals surface area contributed by atoms with Crippen LogP contribution in [0.15, 0.2) is 54.7 Å². The second-order valence-corrected chi connectivity index (χ2v) is 7.84. The maximum absolute atomic E-state index is 11.4. The number of aromatic nitrogens is 2. The van der Waals surface area contributed by atoms with Gasteiger partial charge in [0.15, 0.2) is 0 Å². The molecule has 2 N–H and O–H groups in total. The van der Waals surface area contributed by atoms with Crippen LogP contribution in [0.1, 0.15) is 11.4 Å². The van der Waals surface area contributed by atoms with Crippen LogP contribution in [-0.2, 0) is 10.0 Å². The van der Waals surface area contributed by atoms with Gasteiger partial charge in [-0.2, -0.15) is 0 Å². The lowest BCUT2D eigenvalue weighted by Gasteiger charge is -2.11. The first-order valence-electron chi connectivity index (χ1n) is 8.21. The Hall–Kier alpha value is -3.13. The number of aryl methyl sites for hydroxylation is 2. The summed E-state index contributed by atoms with van der Waals surface area (Å²) in [6.45, 7) is 3.82. The molecular formula is C19H20N4O3S. The Labute approximate surface area is 158 Å². The van der Waals surface area contributed by atoms with Crippen LogP contribution in [0.25, 0.3) is 0 Å². The van der Waals surface area contributed by atoms with E-state index >= 15 is 0 Å². The molecule has 140 valence electrons. The number of benzene rings is 1. The van der Waals surface area contributed by atoms with Gasteiger partial charge in [-0.3, -0.25) is 9.71 Å². The van der Waals surface area contributed by atoms with Crippen molar-refractivity contribution in [3.05, 3.63) is 66.1 Å². The standard InChI is InChI=1S/C19H20N4O3S/c1-13-7-8-18(14(2)21-13)26-17-9-10-20-19(12-17)22-15-5-4-6-16(11-15)23-27(3,24)25/h4-12,23H,1-3H3,(H,20,22). The number of anilines is 3. The highest BCUT2D eigenvalue weighted by Crippen LogP contribution is 2.27. The third-order valence-electron chi connectivity index (χ3n) is 3.57. The van der Waals surface area contributed by atoms with Gasteiger partial charge in [-0.15, -0.1) is 0 Å². The lowest BCUT2D eigenvalue weighted by atomic mass is 10.3. The number of sulfonamides is 1. The maximum Gasteiger partial charge on any atom is 0.229 e. The van der Waals surface area contributed by atoms with Crippen molar-refractivity contribution in [1.82, 2.24) is 9.97 Å². The number of nitrogens with zero attached hydrogens (tertiary/aromatic N) is 2. The van der Waals surface area contributed by atoms with Crippen molar-refractivity contribution in [2.24, 2.45) is 0 Å². The summed E-state index contributed by atoms with van der Waals surface area (Å²) in [5.41, 5.74) is 2.90.